The number of nitrogens with zero attached hydrogens (tertiary/aromatic N) is 2. The predicted molar refractivity (Wildman–Crippen MR) is 68.8 cm³/mol. The molecule has 0 spiro atoms. The van der Waals surface area contributed by atoms with Crippen molar-refractivity contribution < 1.29 is 4.79 Å². The van der Waals surface area contributed by atoms with Gasteiger partial charge in [0, 0.05) is 10.8 Å². The summed E-state index contributed by atoms with van der Waals surface area (Å²) in [5.74, 6) is -0.0658. The standard InChI is InChI=1S/C11H8Cl2N2OS/c12-9-8-6-2-1-5(10(13)16)3-7(6)17-11(8)15-4-14-9/h4-5H,1-3H2. The average molecular weight is 287 g/mol. The van der Waals surface area contributed by atoms with Crippen molar-refractivity contribution in [1.29, 1.82) is 0 Å². The minimum atomic E-state index is -0.245. The molecule has 6 heteroatoms. The first kappa shape index (κ1) is 11.4. The van der Waals surface area contributed by atoms with Gasteiger partial charge in [0.15, 0.2) is 0 Å². The van der Waals surface area contributed by atoms with E-state index >= 15 is 0 Å². The molecular weight excluding hydrogens is 279 g/mol. The third kappa shape index (κ3) is 1.84. The van der Waals surface area contributed by atoms with Crippen LogP contribution in [0.15, 0.2) is 6.33 Å². The van der Waals surface area contributed by atoms with Crippen LogP contribution in [0, 0.1) is 5.92 Å². The van der Waals surface area contributed by atoms with Crippen molar-refractivity contribution in [2.45, 2.75) is 19.3 Å². The summed E-state index contributed by atoms with van der Waals surface area (Å²) in [5.41, 5.74) is 1.20. The van der Waals surface area contributed by atoms with E-state index in [1.54, 1.807) is 11.3 Å². The molecule has 0 amide bonds. The number of halogens is 2. The van der Waals surface area contributed by atoms with Gasteiger partial charge in [0.1, 0.15) is 16.3 Å². The third-order valence-electron chi connectivity index (χ3n) is 3.12. The van der Waals surface area contributed by atoms with E-state index in [1.165, 1.54) is 16.8 Å². The molecule has 0 bridgehead atoms. The second kappa shape index (κ2) is 4.19. The highest BCUT2D eigenvalue weighted by molar-refractivity contribution is 7.19. The summed E-state index contributed by atoms with van der Waals surface area (Å²) in [6, 6.07) is 0. The molecule has 2 aromatic rings. The second-order valence-electron chi connectivity index (χ2n) is 4.09. The van der Waals surface area contributed by atoms with Crippen LogP contribution >= 0.6 is 34.5 Å². The first-order chi connectivity index (χ1) is 8.16. The molecule has 2 heterocycles. The zero-order valence-corrected chi connectivity index (χ0v) is 11.1. The van der Waals surface area contributed by atoms with Crippen LogP contribution in [0.5, 0.6) is 0 Å². The van der Waals surface area contributed by atoms with E-state index in [2.05, 4.69) is 9.97 Å². The largest absolute Gasteiger partial charge is 0.281 e. The summed E-state index contributed by atoms with van der Waals surface area (Å²) in [6.45, 7) is 0. The van der Waals surface area contributed by atoms with E-state index in [1.807, 2.05) is 0 Å². The SMILES string of the molecule is O=C(Cl)C1CCc2c(sc3ncnc(Cl)c23)C1. The molecule has 1 atom stereocenters. The van der Waals surface area contributed by atoms with Crippen LogP contribution in [0.4, 0.5) is 0 Å². The van der Waals surface area contributed by atoms with Gasteiger partial charge in [-0.15, -0.1) is 11.3 Å². The number of rotatable bonds is 1. The van der Waals surface area contributed by atoms with Crippen LogP contribution in [0.2, 0.25) is 5.15 Å². The lowest BCUT2D eigenvalue weighted by Crippen LogP contribution is -2.17. The maximum Gasteiger partial charge on any atom is 0.225 e. The Bertz CT molecular complexity index is 611. The number of hydrogen-bond acceptors (Lipinski definition) is 4. The van der Waals surface area contributed by atoms with Crippen LogP contribution in [-0.4, -0.2) is 15.2 Å². The van der Waals surface area contributed by atoms with E-state index in [0.717, 1.165) is 23.1 Å². The second-order valence-corrected chi connectivity index (χ2v) is 5.91. The predicted octanol–water partition coefficient (Wildman–Crippen LogP) is 3.22. The summed E-state index contributed by atoms with van der Waals surface area (Å²) in [7, 11) is 0. The Morgan fingerprint density at radius 1 is 1.47 bits per heavy atom. The number of fused-ring (bicyclic) bond motifs is 3. The van der Waals surface area contributed by atoms with Gasteiger partial charge in [-0.2, -0.15) is 0 Å². The fourth-order valence-corrected chi connectivity index (χ4v) is 4.02. The van der Waals surface area contributed by atoms with Crippen LogP contribution in [0.25, 0.3) is 10.2 Å². The van der Waals surface area contributed by atoms with Crippen molar-refractivity contribution in [1.82, 2.24) is 9.97 Å². The van der Waals surface area contributed by atoms with E-state index in [-0.39, 0.29) is 11.2 Å². The summed E-state index contributed by atoms with van der Waals surface area (Å²) < 4.78 is 0. The Balaban J connectivity index is 2.14. The monoisotopic (exact) mass is 286 g/mol. The lowest BCUT2D eigenvalue weighted by Gasteiger charge is -2.18. The fourth-order valence-electron chi connectivity index (χ4n) is 2.27. The molecule has 3 nitrogen and oxygen atoms in total. The van der Waals surface area contributed by atoms with Crippen molar-refractivity contribution in [2.75, 3.05) is 0 Å². The Labute approximate surface area is 112 Å². The Morgan fingerprint density at radius 3 is 3.06 bits per heavy atom. The Morgan fingerprint density at radius 2 is 2.29 bits per heavy atom. The van der Waals surface area contributed by atoms with Crippen molar-refractivity contribution in [3.63, 3.8) is 0 Å². The number of carbonyl (C=O) groups excluding carboxylic acids is 1. The molecule has 17 heavy (non-hydrogen) atoms. The fraction of sp³-hybridized carbons (Fsp3) is 0.364. The van der Waals surface area contributed by atoms with Gasteiger partial charge in [-0.3, -0.25) is 4.79 Å². The molecule has 1 aliphatic carbocycles. The van der Waals surface area contributed by atoms with Crippen LogP contribution in [-0.2, 0) is 17.6 Å². The Kier molecular flexibility index (Phi) is 2.81. The van der Waals surface area contributed by atoms with Gasteiger partial charge >= 0.3 is 0 Å². The molecular formula is C11H8Cl2N2OS. The molecule has 1 unspecified atom stereocenters. The van der Waals surface area contributed by atoms with Crippen LogP contribution in [0.3, 0.4) is 0 Å². The number of carbonyl (C=O) groups is 1. The molecule has 3 rings (SSSR count). The molecule has 2 aromatic heterocycles. The molecule has 0 aliphatic heterocycles. The maximum atomic E-state index is 11.2. The van der Waals surface area contributed by atoms with E-state index in [4.69, 9.17) is 23.2 Å². The van der Waals surface area contributed by atoms with Crippen molar-refractivity contribution >= 4 is 50.0 Å². The highest BCUT2D eigenvalue weighted by Crippen LogP contribution is 2.39. The first-order valence-electron chi connectivity index (χ1n) is 5.27. The van der Waals surface area contributed by atoms with Gasteiger partial charge in [-0.05, 0) is 36.4 Å². The smallest absolute Gasteiger partial charge is 0.225 e. The number of thiophene rings is 1. The van der Waals surface area contributed by atoms with Crippen molar-refractivity contribution in [2.24, 2.45) is 5.92 Å². The van der Waals surface area contributed by atoms with Gasteiger partial charge in [-0.25, -0.2) is 9.97 Å². The molecule has 88 valence electrons. The van der Waals surface area contributed by atoms with Crippen molar-refractivity contribution in [3.8, 4) is 0 Å². The number of hydrogen-bond donors (Lipinski definition) is 0. The first-order valence-corrected chi connectivity index (χ1v) is 6.84. The van der Waals surface area contributed by atoms with Gasteiger partial charge < -0.3 is 0 Å². The zero-order valence-electron chi connectivity index (χ0n) is 8.74. The van der Waals surface area contributed by atoms with Gasteiger partial charge in [-0.1, -0.05) is 11.6 Å². The topological polar surface area (TPSA) is 42.9 Å². The van der Waals surface area contributed by atoms with Crippen LogP contribution < -0.4 is 0 Å². The minimum absolute atomic E-state index is 0.0658. The molecule has 0 N–H and O–H groups in total. The van der Waals surface area contributed by atoms with Crippen LogP contribution in [0.1, 0.15) is 16.9 Å². The molecule has 0 saturated carbocycles. The molecule has 0 aromatic carbocycles. The normalized spacial score (nSPS) is 19.3. The molecule has 0 fully saturated rings. The van der Waals surface area contributed by atoms with Gasteiger partial charge in [0.05, 0.1) is 5.39 Å². The van der Waals surface area contributed by atoms with Gasteiger partial charge in [0.25, 0.3) is 0 Å². The highest BCUT2D eigenvalue weighted by atomic mass is 35.5. The van der Waals surface area contributed by atoms with E-state index in [9.17, 15) is 4.79 Å². The molecule has 1 aliphatic rings. The maximum absolute atomic E-state index is 11.2. The zero-order chi connectivity index (χ0) is 12.0. The van der Waals surface area contributed by atoms with E-state index in [0.29, 0.717) is 11.6 Å². The number of aryl methyl sites for hydroxylation is 1. The summed E-state index contributed by atoms with van der Waals surface area (Å²) >= 11 is 13.3. The number of aromatic nitrogens is 2. The summed E-state index contributed by atoms with van der Waals surface area (Å²) in [5, 5.41) is 1.21. The highest BCUT2D eigenvalue weighted by Gasteiger charge is 2.27. The van der Waals surface area contributed by atoms with Crippen molar-refractivity contribution in [3.05, 3.63) is 21.9 Å². The summed E-state index contributed by atoms with van der Waals surface area (Å²) in [4.78, 5) is 21.5. The lowest BCUT2D eigenvalue weighted by atomic mass is 9.89. The van der Waals surface area contributed by atoms with E-state index < -0.39 is 0 Å². The lowest BCUT2D eigenvalue weighted by molar-refractivity contribution is -0.115. The van der Waals surface area contributed by atoms with Gasteiger partial charge in [0.2, 0.25) is 5.24 Å². The minimum Gasteiger partial charge on any atom is -0.281 e. The third-order valence-corrected chi connectivity index (χ3v) is 4.88. The average Bonchev–Trinajstić information content (AvgIpc) is 2.67. The quantitative estimate of drug-likeness (QED) is 0.597. The molecule has 0 radical (unpaired) electrons. The Hall–Kier alpha value is -0.710. The molecule has 0 saturated heterocycles. The summed E-state index contributed by atoms with van der Waals surface area (Å²) in [6.07, 6.45) is 3.78.